The van der Waals surface area contributed by atoms with Crippen LogP contribution < -0.4 is 5.32 Å². The van der Waals surface area contributed by atoms with Crippen LogP contribution in [0, 0.1) is 13.8 Å². The number of hydrogen-bond acceptors (Lipinski definition) is 3. The van der Waals surface area contributed by atoms with Crippen LogP contribution in [0.5, 0.6) is 0 Å². The fourth-order valence-corrected chi connectivity index (χ4v) is 5.20. The number of carbonyl (C=O) groups is 2. The number of aromatic nitrogens is 2. The van der Waals surface area contributed by atoms with E-state index < -0.39 is 0 Å². The molecule has 192 valence electrons. The summed E-state index contributed by atoms with van der Waals surface area (Å²) in [5.74, 6) is 1.32. The highest BCUT2D eigenvalue weighted by Crippen LogP contribution is 2.19. The molecule has 1 fully saturated rings. The highest BCUT2D eigenvalue weighted by molar-refractivity contribution is 5.95. The van der Waals surface area contributed by atoms with Gasteiger partial charge in [0.05, 0.1) is 11.0 Å². The first-order valence-corrected chi connectivity index (χ1v) is 13.6. The second-order valence-corrected chi connectivity index (χ2v) is 10.1. The molecule has 36 heavy (non-hydrogen) atoms. The number of nitrogens with one attached hydrogen (secondary N) is 1. The molecule has 3 aromatic rings. The second kappa shape index (κ2) is 12.7. The molecule has 6 heteroatoms. The number of amides is 2. The maximum atomic E-state index is 12.9. The van der Waals surface area contributed by atoms with Crippen molar-refractivity contribution >= 4 is 22.8 Å². The monoisotopic (exact) mass is 488 g/mol. The molecule has 2 aromatic carbocycles. The number of rotatable bonds is 10. The van der Waals surface area contributed by atoms with Crippen LogP contribution in [0.2, 0.25) is 0 Å². The van der Waals surface area contributed by atoms with E-state index in [0.29, 0.717) is 19.5 Å². The lowest BCUT2D eigenvalue weighted by atomic mass is 10.1. The summed E-state index contributed by atoms with van der Waals surface area (Å²) in [4.78, 5) is 32.3. The van der Waals surface area contributed by atoms with Crippen molar-refractivity contribution < 1.29 is 9.59 Å². The molecule has 1 N–H and O–H groups in total. The molecule has 0 aliphatic carbocycles. The van der Waals surface area contributed by atoms with Gasteiger partial charge in [-0.15, -0.1) is 0 Å². The first-order valence-electron chi connectivity index (χ1n) is 13.6. The van der Waals surface area contributed by atoms with Gasteiger partial charge in [-0.1, -0.05) is 49.1 Å². The maximum Gasteiger partial charge on any atom is 0.251 e. The average molecular weight is 489 g/mol. The van der Waals surface area contributed by atoms with E-state index in [4.69, 9.17) is 4.98 Å². The Morgan fingerprint density at radius 1 is 0.944 bits per heavy atom. The molecule has 0 radical (unpaired) electrons. The van der Waals surface area contributed by atoms with E-state index >= 15 is 0 Å². The highest BCUT2D eigenvalue weighted by atomic mass is 16.2. The Kier molecular flexibility index (Phi) is 9.15. The summed E-state index contributed by atoms with van der Waals surface area (Å²) in [5.41, 5.74) is 5.04. The third kappa shape index (κ3) is 6.74. The fraction of sp³-hybridized carbons (Fsp3) is 0.500. The van der Waals surface area contributed by atoms with Gasteiger partial charge < -0.3 is 14.8 Å². The third-order valence-corrected chi connectivity index (χ3v) is 7.23. The van der Waals surface area contributed by atoms with Crippen molar-refractivity contribution in [2.75, 3.05) is 19.6 Å². The van der Waals surface area contributed by atoms with Crippen molar-refractivity contribution in [3.63, 3.8) is 0 Å². The summed E-state index contributed by atoms with van der Waals surface area (Å²) in [6, 6.07) is 14.1. The standard InChI is InChI=1S/C30H40N4O2/c1-23-15-16-25(24(2)22-23)30(36)31-18-9-5-6-14-28-32-26-12-7-8-13-27(26)34(28)21-17-29(35)33-19-10-3-4-11-20-33/h7-8,12-13,15-16,22H,3-6,9-11,14,17-21H2,1-2H3,(H,31,36). The molecule has 0 spiro atoms. The number of imidazole rings is 1. The van der Waals surface area contributed by atoms with E-state index in [1.165, 1.54) is 18.4 Å². The summed E-state index contributed by atoms with van der Waals surface area (Å²) < 4.78 is 2.24. The van der Waals surface area contributed by atoms with Gasteiger partial charge in [-0.05, 0) is 63.3 Å². The van der Waals surface area contributed by atoms with Crippen molar-refractivity contribution in [2.45, 2.75) is 78.2 Å². The molecule has 1 aliphatic heterocycles. The van der Waals surface area contributed by atoms with Gasteiger partial charge in [-0.3, -0.25) is 9.59 Å². The zero-order valence-electron chi connectivity index (χ0n) is 21.9. The molecule has 4 rings (SSSR count). The Labute approximate surface area is 215 Å². The van der Waals surface area contributed by atoms with Gasteiger partial charge in [0.2, 0.25) is 5.91 Å². The Morgan fingerprint density at radius 3 is 2.50 bits per heavy atom. The first kappa shape index (κ1) is 25.9. The molecule has 0 unspecified atom stereocenters. The molecule has 0 atom stereocenters. The Morgan fingerprint density at radius 2 is 1.72 bits per heavy atom. The fourth-order valence-electron chi connectivity index (χ4n) is 5.20. The smallest absolute Gasteiger partial charge is 0.251 e. The van der Waals surface area contributed by atoms with E-state index in [1.54, 1.807) is 0 Å². The van der Waals surface area contributed by atoms with Crippen LogP contribution in [-0.4, -0.2) is 45.9 Å². The van der Waals surface area contributed by atoms with E-state index in [1.807, 2.05) is 44.2 Å². The van der Waals surface area contributed by atoms with E-state index in [2.05, 4.69) is 26.9 Å². The Bertz CT molecular complexity index is 1170. The molecule has 1 aliphatic rings. The van der Waals surface area contributed by atoms with Gasteiger partial charge in [-0.2, -0.15) is 0 Å². The van der Waals surface area contributed by atoms with Crippen LogP contribution >= 0.6 is 0 Å². The van der Waals surface area contributed by atoms with Crippen molar-refractivity contribution in [2.24, 2.45) is 0 Å². The number of carbonyl (C=O) groups excluding carboxylic acids is 2. The van der Waals surface area contributed by atoms with Crippen LogP contribution in [0.15, 0.2) is 42.5 Å². The lowest BCUT2D eigenvalue weighted by molar-refractivity contribution is -0.131. The number of likely N-dealkylation sites (tertiary alicyclic amines) is 1. The normalized spacial score (nSPS) is 14.1. The van der Waals surface area contributed by atoms with E-state index in [-0.39, 0.29) is 11.8 Å². The molecule has 0 saturated carbocycles. The molecule has 2 heterocycles. The summed E-state index contributed by atoms with van der Waals surface area (Å²) in [6.07, 6.45) is 9.06. The van der Waals surface area contributed by atoms with Crippen LogP contribution in [0.3, 0.4) is 0 Å². The number of hydrogen-bond donors (Lipinski definition) is 1. The van der Waals surface area contributed by atoms with Crippen molar-refractivity contribution in [3.8, 4) is 0 Å². The van der Waals surface area contributed by atoms with E-state index in [0.717, 1.165) is 79.6 Å². The lowest BCUT2D eigenvalue weighted by Gasteiger charge is -2.20. The quantitative estimate of drug-likeness (QED) is 0.378. The summed E-state index contributed by atoms with van der Waals surface area (Å²) >= 11 is 0. The minimum Gasteiger partial charge on any atom is -0.352 e. The number of unbranched alkanes of at least 4 members (excludes halogenated alkanes) is 2. The predicted molar refractivity (Wildman–Crippen MR) is 145 cm³/mol. The minimum absolute atomic E-state index is 0.00312. The zero-order valence-corrected chi connectivity index (χ0v) is 21.9. The molecular weight excluding hydrogens is 448 g/mol. The largest absolute Gasteiger partial charge is 0.352 e. The van der Waals surface area contributed by atoms with Crippen molar-refractivity contribution in [1.82, 2.24) is 19.8 Å². The van der Waals surface area contributed by atoms with Gasteiger partial charge in [0.1, 0.15) is 5.82 Å². The SMILES string of the molecule is Cc1ccc(C(=O)NCCCCCc2nc3ccccc3n2CCC(=O)N2CCCCCC2)c(C)c1. The van der Waals surface area contributed by atoms with Gasteiger partial charge >= 0.3 is 0 Å². The number of fused-ring (bicyclic) bond motifs is 1. The highest BCUT2D eigenvalue weighted by Gasteiger charge is 2.17. The Balaban J connectivity index is 1.27. The minimum atomic E-state index is 0.00312. The third-order valence-electron chi connectivity index (χ3n) is 7.23. The van der Waals surface area contributed by atoms with Gasteiger partial charge in [0.15, 0.2) is 0 Å². The average Bonchev–Trinajstić information content (AvgIpc) is 3.02. The summed E-state index contributed by atoms with van der Waals surface area (Å²) in [5, 5.41) is 3.06. The van der Waals surface area contributed by atoms with Crippen LogP contribution in [-0.2, 0) is 17.8 Å². The van der Waals surface area contributed by atoms with E-state index in [9.17, 15) is 9.59 Å². The van der Waals surface area contributed by atoms with Crippen molar-refractivity contribution in [3.05, 3.63) is 65.0 Å². The molecular formula is C30H40N4O2. The predicted octanol–water partition coefficient (Wildman–Crippen LogP) is 5.59. The molecule has 2 amide bonds. The summed E-state index contributed by atoms with van der Waals surface area (Å²) in [6.45, 7) is 7.17. The first-order chi connectivity index (χ1) is 17.5. The van der Waals surface area contributed by atoms with Crippen LogP contribution in [0.4, 0.5) is 0 Å². The van der Waals surface area contributed by atoms with Crippen LogP contribution in [0.1, 0.15) is 78.7 Å². The van der Waals surface area contributed by atoms with Gasteiger partial charge in [0, 0.05) is 44.6 Å². The molecule has 1 aromatic heterocycles. The number of aryl methyl sites for hydroxylation is 4. The second-order valence-electron chi connectivity index (χ2n) is 10.1. The van der Waals surface area contributed by atoms with Gasteiger partial charge in [-0.25, -0.2) is 4.98 Å². The van der Waals surface area contributed by atoms with Crippen molar-refractivity contribution in [1.29, 1.82) is 0 Å². The van der Waals surface area contributed by atoms with Crippen LogP contribution in [0.25, 0.3) is 11.0 Å². The lowest BCUT2D eigenvalue weighted by Crippen LogP contribution is -2.32. The maximum absolute atomic E-state index is 12.9. The zero-order chi connectivity index (χ0) is 25.3. The molecule has 0 bridgehead atoms. The topological polar surface area (TPSA) is 67.2 Å². The Hall–Kier alpha value is -3.15. The molecule has 1 saturated heterocycles. The number of nitrogens with zero attached hydrogens (tertiary/aromatic N) is 3. The van der Waals surface area contributed by atoms with Gasteiger partial charge in [0.25, 0.3) is 5.91 Å². The summed E-state index contributed by atoms with van der Waals surface area (Å²) in [7, 11) is 0. The molecule has 6 nitrogen and oxygen atoms in total. The number of benzene rings is 2. The number of para-hydroxylation sites is 2.